The van der Waals surface area contributed by atoms with Crippen LogP contribution in [0.1, 0.15) is 0 Å². The van der Waals surface area contributed by atoms with Crippen molar-refractivity contribution in [2.45, 2.75) is 0 Å². The van der Waals surface area contributed by atoms with Crippen LogP contribution in [0.5, 0.6) is 5.75 Å². The Morgan fingerprint density at radius 2 is 1.56 bits per heavy atom. The van der Waals surface area contributed by atoms with Gasteiger partial charge >= 0.3 is 0 Å². The number of phenolic OH excluding ortho intramolecular Hbond substituents is 1. The van der Waals surface area contributed by atoms with Crippen molar-refractivity contribution in [1.82, 2.24) is 0 Å². The molecule has 4 heteroatoms. The molecule has 16 heavy (non-hydrogen) atoms. The van der Waals surface area contributed by atoms with Crippen molar-refractivity contribution in [1.29, 1.82) is 0 Å². The van der Waals surface area contributed by atoms with E-state index in [4.69, 9.17) is 34.8 Å². The summed E-state index contributed by atoms with van der Waals surface area (Å²) in [4.78, 5) is 0. The Labute approximate surface area is 108 Å². The van der Waals surface area contributed by atoms with Gasteiger partial charge in [0.15, 0.2) is 0 Å². The monoisotopic (exact) mass is 272 g/mol. The van der Waals surface area contributed by atoms with Gasteiger partial charge in [0, 0.05) is 21.2 Å². The molecule has 0 aliphatic carbocycles. The van der Waals surface area contributed by atoms with Crippen molar-refractivity contribution in [2.75, 3.05) is 0 Å². The largest absolute Gasteiger partial charge is 0.507 e. The molecule has 0 amide bonds. The SMILES string of the molecule is Oc1cc(Cl)cc(Cl)c1-c1ccccc1Cl. The van der Waals surface area contributed by atoms with Crippen molar-refractivity contribution in [3.63, 3.8) is 0 Å². The molecular weight excluding hydrogens is 266 g/mol. The fourth-order valence-corrected chi connectivity index (χ4v) is 2.31. The maximum Gasteiger partial charge on any atom is 0.126 e. The van der Waals surface area contributed by atoms with Crippen LogP contribution in [0.4, 0.5) is 0 Å². The van der Waals surface area contributed by atoms with Crippen molar-refractivity contribution in [3.05, 3.63) is 51.5 Å². The predicted octanol–water partition coefficient (Wildman–Crippen LogP) is 5.02. The highest BCUT2D eigenvalue weighted by atomic mass is 35.5. The van der Waals surface area contributed by atoms with Crippen LogP contribution in [-0.4, -0.2) is 5.11 Å². The molecular formula is C12H7Cl3O. The first-order valence-electron chi connectivity index (χ1n) is 4.52. The molecule has 0 heterocycles. The molecule has 0 radical (unpaired) electrons. The van der Waals surface area contributed by atoms with E-state index in [0.29, 0.717) is 26.2 Å². The van der Waals surface area contributed by atoms with Gasteiger partial charge in [-0.05, 0) is 18.2 Å². The fourth-order valence-electron chi connectivity index (χ4n) is 1.49. The van der Waals surface area contributed by atoms with E-state index >= 15 is 0 Å². The predicted molar refractivity (Wildman–Crippen MR) is 68.6 cm³/mol. The average molecular weight is 274 g/mol. The van der Waals surface area contributed by atoms with E-state index in [1.54, 1.807) is 18.2 Å². The van der Waals surface area contributed by atoms with Gasteiger partial charge in [0.2, 0.25) is 0 Å². The van der Waals surface area contributed by atoms with E-state index in [9.17, 15) is 5.11 Å². The van der Waals surface area contributed by atoms with Gasteiger partial charge in [-0.2, -0.15) is 0 Å². The molecule has 0 bridgehead atoms. The van der Waals surface area contributed by atoms with Gasteiger partial charge in [-0.3, -0.25) is 0 Å². The summed E-state index contributed by atoms with van der Waals surface area (Å²) < 4.78 is 0. The second kappa shape index (κ2) is 4.54. The molecule has 2 aromatic rings. The number of hydrogen-bond acceptors (Lipinski definition) is 1. The van der Waals surface area contributed by atoms with Crippen LogP contribution in [0.15, 0.2) is 36.4 Å². The lowest BCUT2D eigenvalue weighted by Crippen LogP contribution is -1.83. The number of benzene rings is 2. The summed E-state index contributed by atoms with van der Waals surface area (Å²) >= 11 is 17.9. The molecule has 0 saturated carbocycles. The smallest absolute Gasteiger partial charge is 0.126 e. The first-order chi connectivity index (χ1) is 7.59. The van der Waals surface area contributed by atoms with Crippen LogP contribution in [0.2, 0.25) is 15.1 Å². The molecule has 0 spiro atoms. The summed E-state index contributed by atoms with van der Waals surface area (Å²) in [5, 5.41) is 11.1. The van der Waals surface area contributed by atoms with Crippen LogP contribution in [0, 0.1) is 0 Å². The summed E-state index contributed by atoms with van der Waals surface area (Å²) in [6.07, 6.45) is 0. The first kappa shape index (κ1) is 11.6. The van der Waals surface area contributed by atoms with Crippen LogP contribution < -0.4 is 0 Å². The highest BCUT2D eigenvalue weighted by Gasteiger charge is 2.13. The Balaban J connectivity index is 2.70. The molecule has 0 fully saturated rings. The quantitative estimate of drug-likeness (QED) is 0.773. The van der Waals surface area contributed by atoms with Gasteiger partial charge in [0.05, 0.1) is 5.02 Å². The fraction of sp³-hybridized carbons (Fsp3) is 0. The minimum absolute atomic E-state index is 0.0191. The second-order valence-corrected chi connectivity index (χ2v) is 4.51. The highest BCUT2D eigenvalue weighted by molar-refractivity contribution is 6.38. The van der Waals surface area contributed by atoms with Crippen molar-refractivity contribution >= 4 is 34.8 Å². The average Bonchev–Trinajstić information content (AvgIpc) is 2.19. The van der Waals surface area contributed by atoms with Gasteiger partial charge < -0.3 is 5.11 Å². The zero-order valence-corrected chi connectivity index (χ0v) is 10.3. The van der Waals surface area contributed by atoms with Gasteiger partial charge in [-0.1, -0.05) is 53.0 Å². The number of hydrogen-bond donors (Lipinski definition) is 1. The number of rotatable bonds is 1. The topological polar surface area (TPSA) is 20.2 Å². The molecule has 82 valence electrons. The van der Waals surface area contributed by atoms with Crippen molar-refractivity contribution in [3.8, 4) is 16.9 Å². The molecule has 2 rings (SSSR count). The van der Waals surface area contributed by atoms with Gasteiger partial charge in [-0.25, -0.2) is 0 Å². The third-order valence-electron chi connectivity index (χ3n) is 2.18. The third kappa shape index (κ3) is 2.12. The molecule has 1 N–H and O–H groups in total. The number of aromatic hydroxyl groups is 1. The van der Waals surface area contributed by atoms with Crippen LogP contribution >= 0.6 is 34.8 Å². The van der Waals surface area contributed by atoms with E-state index in [1.807, 2.05) is 12.1 Å². The molecule has 2 aromatic carbocycles. The molecule has 0 aromatic heterocycles. The molecule has 0 aliphatic rings. The van der Waals surface area contributed by atoms with E-state index in [1.165, 1.54) is 6.07 Å². The Morgan fingerprint density at radius 3 is 2.19 bits per heavy atom. The number of phenols is 1. The molecule has 1 nitrogen and oxygen atoms in total. The Hall–Kier alpha value is -0.890. The van der Waals surface area contributed by atoms with Gasteiger partial charge in [0.25, 0.3) is 0 Å². The number of halogens is 3. The summed E-state index contributed by atoms with van der Waals surface area (Å²) in [7, 11) is 0. The highest BCUT2D eigenvalue weighted by Crippen LogP contribution is 2.41. The second-order valence-electron chi connectivity index (χ2n) is 3.26. The maximum absolute atomic E-state index is 9.82. The zero-order valence-electron chi connectivity index (χ0n) is 8.05. The lowest BCUT2D eigenvalue weighted by atomic mass is 10.0. The summed E-state index contributed by atoms with van der Waals surface area (Å²) in [5.74, 6) is 0.0191. The zero-order chi connectivity index (χ0) is 11.7. The Morgan fingerprint density at radius 1 is 0.875 bits per heavy atom. The molecule has 0 saturated heterocycles. The standard InChI is InChI=1S/C12H7Cl3O/c13-7-5-10(15)12(11(16)6-7)8-3-1-2-4-9(8)14/h1-6,16H. The summed E-state index contributed by atoms with van der Waals surface area (Å²) in [6.45, 7) is 0. The molecule has 0 aliphatic heterocycles. The molecule has 0 atom stereocenters. The summed E-state index contributed by atoms with van der Waals surface area (Å²) in [6, 6.07) is 10.2. The third-order valence-corrected chi connectivity index (χ3v) is 3.02. The minimum atomic E-state index is 0.0191. The normalized spacial score (nSPS) is 10.4. The van der Waals surface area contributed by atoms with Gasteiger partial charge in [-0.15, -0.1) is 0 Å². The minimum Gasteiger partial charge on any atom is -0.507 e. The van der Waals surface area contributed by atoms with Crippen LogP contribution in [0.3, 0.4) is 0 Å². The van der Waals surface area contributed by atoms with Crippen molar-refractivity contribution < 1.29 is 5.11 Å². The van der Waals surface area contributed by atoms with Crippen molar-refractivity contribution in [2.24, 2.45) is 0 Å². The summed E-state index contributed by atoms with van der Waals surface area (Å²) in [5.41, 5.74) is 1.18. The molecule has 0 unspecified atom stereocenters. The first-order valence-corrected chi connectivity index (χ1v) is 5.66. The Kier molecular flexibility index (Phi) is 3.29. The maximum atomic E-state index is 9.82. The lowest BCUT2D eigenvalue weighted by molar-refractivity contribution is 0.477. The van der Waals surface area contributed by atoms with E-state index in [-0.39, 0.29) is 5.75 Å². The van der Waals surface area contributed by atoms with Crippen LogP contribution in [-0.2, 0) is 0 Å². The van der Waals surface area contributed by atoms with Crippen LogP contribution in [0.25, 0.3) is 11.1 Å². The Bertz CT molecular complexity index is 515. The van der Waals surface area contributed by atoms with E-state index in [2.05, 4.69) is 0 Å². The van der Waals surface area contributed by atoms with Gasteiger partial charge in [0.1, 0.15) is 5.75 Å². The van der Waals surface area contributed by atoms with E-state index in [0.717, 1.165) is 0 Å². The lowest BCUT2D eigenvalue weighted by Gasteiger charge is -2.09. The van der Waals surface area contributed by atoms with E-state index < -0.39 is 0 Å².